The van der Waals surface area contributed by atoms with Gasteiger partial charge in [0.1, 0.15) is 0 Å². The molecule has 8 heteroatoms. The molecule has 0 spiro atoms. The molecule has 2 N–H and O–H groups in total. The standard InChI is InChI=1S/C17H18N2O5S/c1-2-11-24-16(20)13-7-6-8-14(12-13)18-17(21)19-25(22,23)15-9-4-3-5-10-15/h3-10,12H,2,11H2,1H3,(H2,18,19,21). The van der Waals surface area contributed by atoms with E-state index < -0.39 is 22.0 Å². The fraction of sp³-hybridized carbons (Fsp3) is 0.176. The van der Waals surface area contributed by atoms with Gasteiger partial charge in [-0.2, -0.15) is 0 Å². The minimum atomic E-state index is -3.97. The largest absolute Gasteiger partial charge is 0.462 e. The van der Waals surface area contributed by atoms with Crippen molar-refractivity contribution in [2.45, 2.75) is 18.2 Å². The van der Waals surface area contributed by atoms with Crippen LogP contribution < -0.4 is 10.0 Å². The molecule has 0 saturated carbocycles. The van der Waals surface area contributed by atoms with Crippen molar-refractivity contribution in [3.05, 3.63) is 60.2 Å². The minimum Gasteiger partial charge on any atom is -0.462 e. The Morgan fingerprint density at radius 3 is 2.44 bits per heavy atom. The third kappa shape index (κ3) is 5.32. The second-order valence-corrected chi connectivity index (χ2v) is 6.77. The molecule has 0 heterocycles. The number of sulfonamides is 1. The number of benzene rings is 2. The summed E-state index contributed by atoms with van der Waals surface area (Å²) in [6.07, 6.45) is 0.698. The first-order chi connectivity index (χ1) is 11.9. The Kier molecular flexibility index (Phi) is 6.13. The lowest BCUT2D eigenvalue weighted by atomic mass is 10.2. The van der Waals surface area contributed by atoms with Crippen LogP contribution in [0.2, 0.25) is 0 Å². The van der Waals surface area contributed by atoms with Gasteiger partial charge in [0.15, 0.2) is 0 Å². The lowest BCUT2D eigenvalue weighted by Crippen LogP contribution is -2.34. The van der Waals surface area contributed by atoms with Crippen LogP contribution in [-0.4, -0.2) is 27.0 Å². The Balaban J connectivity index is 2.05. The van der Waals surface area contributed by atoms with Gasteiger partial charge in [-0.1, -0.05) is 31.2 Å². The smallest absolute Gasteiger partial charge is 0.338 e. The number of ether oxygens (including phenoxy) is 1. The molecule has 132 valence electrons. The fourth-order valence-electron chi connectivity index (χ4n) is 1.94. The highest BCUT2D eigenvalue weighted by atomic mass is 32.2. The molecule has 0 aromatic heterocycles. The Morgan fingerprint density at radius 2 is 1.76 bits per heavy atom. The molecule has 0 saturated heterocycles. The van der Waals surface area contributed by atoms with E-state index in [4.69, 9.17) is 4.74 Å². The third-order valence-electron chi connectivity index (χ3n) is 3.07. The van der Waals surface area contributed by atoms with Crippen molar-refractivity contribution >= 4 is 27.7 Å². The normalized spacial score (nSPS) is 10.8. The summed E-state index contributed by atoms with van der Waals surface area (Å²) in [7, 11) is -3.97. The van der Waals surface area contributed by atoms with Crippen LogP contribution in [0.4, 0.5) is 10.5 Å². The SMILES string of the molecule is CCCOC(=O)c1cccc(NC(=O)NS(=O)(=O)c2ccccc2)c1. The van der Waals surface area contributed by atoms with E-state index in [9.17, 15) is 18.0 Å². The minimum absolute atomic E-state index is 0.0259. The molecule has 0 radical (unpaired) electrons. The van der Waals surface area contributed by atoms with Gasteiger partial charge < -0.3 is 10.1 Å². The number of nitrogens with one attached hydrogen (secondary N) is 2. The second kappa shape index (κ2) is 8.29. The highest BCUT2D eigenvalue weighted by Crippen LogP contribution is 2.13. The lowest BCUT2D eigenvalue weighted by Gasteiger charge is -2.09. The van der Waals surface area contributed by atoms with Crippen LogP contribution in [0.5, 0.6) is 0 Å². The monoisotopic (exact) mass is 362 g/mol. The average Bonchev–Trinajstić information content (AvgIpc) is 2.60. The van der Waals surface area contributed by atoms with E-state index >= 15 is 0 Å². The van der Waals surface area contributed by atoms with E-state index in [2.05, 4.69) is 5.32 Å². The molecule has 2 aromatic rings. The third-order valence-corrected chi connectivity index (χ3v) is 4.42. The number of anilines is 1. The summed E-state index contributed by atoms with van der Waals surface area (Å²) in [5, 5.41) is 2.38. The zero-order chi connectivity index (χ0) is 18.3. The summed E-state index contributed by atoms with van der Waals surface area (Å²) in [6.45, 7) is 2.18. The molecule has 2 aromatic carbocycles. The number of hydrogen-bond acceptors (Lipinski definition) is 5. The van der Waals surface area contributed by atoms with Gasteiger partial charge in [-0.15, -0.1) is 0 Å². The first-order valence-electron chi connectivity index (χ1n) is 7.58. The van der Waals surface area contributed by atoms with Crippen LogP contribution in [0.1, 0.15) is 23.7 Å². The van der Waals surface area contributed by atoms with Gasteiger partial charge in [0.05, 0.1) is 17.1 Å². The zero-order valence-electron chi connectivity index (χ0n) is 13.6. The van der Waals surface area contributed by atoms with Crippen LogP contribution in [0.15, 0.2) is 59.5 Å². The van der Waals surface area contributed by atoms with Gasteiger partial charge in [0, 0.05) is 5.69 Å². The summed E-state index contributed by atoms with van der Waals surface area (Å²) < 4.78 is 31.1. The number of amides is 2. The number of rotatable bonds is 6. The Labute approximate surface area is 146 Å². The Hall–Kier alpha value is -2.87. The van der Waals surface area contributed by atoms with E-state index in [-0.39, 0.29) is 16.1 Å². The van der Waals surface area contributed by atoms with Gasteiger partial charge in [0.2, 0.25) is 0 Å². The van der Waals surface area contributed by atoms with Crippen LogP contribution >= 0.6 is 0 Å². The van der Waals surface area contributed by atoms with Crippen molar-refractivity contribution in [3.8, 4) is 0 Å². The van der Waals surface area contributed by atoms with Gasteiger partial charge in [-0.25, -0.2) is 22.7 Å². The Bertz CT molecular complexity index is 850. The quantitative estimate of drug-likeness (QED) is 0.770. The molecular formula is C17H18N2O5S. The van der Waals surface area contributed by atoms with E-state index in [0.717, 1.165) is 0 Å². The predicted molar refractivity (Wildman–Crippen MR) is 92.8 cm³/mol. The molecule has 0 atom stereocenters. The maximum absolute atomic E-state index is 12.1. The molecule has 2 amide bonds. The molecule has 2 rings (SSSR count). The molecular weight excluding hydrogens is 344 g/mol. The highest BCUT2D eigenvalue weighted by Gasteiger charge is 2.17. The fourth-order valence-corrected chi connectivity index (χ4v) is 2.87. The summed E-state index contributed by atoms with van der Waals surface area (Å²) in [6, 6.07) is 12.6. The van der Waals surface area contributed by atoms with Gasteiger partial charge >= 0.3 is 12.0 Å². The summed E-state index contributed by atoms with van der Waals surface area (Å²) in [5.74, 6) is -0.511. The van der Waals surface area contributed by atoms with Crippen molar-refractivity contribution < 1.29 is 22.7 Å². The summed E-state index contributed by atoms with van der Waals surface area (Å²) >= 11 is 0. The van der Waals surface area contributed by atoms with Crippen molar-refractivity contribution in [2.75, 3.05) is 11.9 Å². The summed E-state index contributed by atoms with van der Waals surface area (Å²) in [5.41, 5.74) is 0.531. The first-order valence-corrected chi connectivity index (χ1v) is 9.06. The highest BCUT2D eigenvalue weighted by molar-refractivity contribution is 7.90. The van der Waals surface area contributed by atoms with E-state index in [1.54, 1.807) is 30.3 Å². The zero-order valence-corrected chi connectivity index (χ0v) is 14.4. The number of urea groups is 1. The molecule has 7 nitrogen and oxygen atoms in total. The number of carbonyl (C=O) groups is 2. The van der Waals surface area contributed by atoms with Crippen LogP contribution in [0.25, 0.3) is 0 Å². The number of carbonyl (C=O) groups excluding carboxylic acids is 2. The van der Waals surface area contributed by atoms with Crippen LogP contribution in [-0.2, 0) is 14.8 Å². The summed E-state index contributed by atoms with van der Waals surface area (Å²) in [4.78, 5) is 23.7. The van der Waals surface area contributed by atoms with Crippen molar-refractivity contribution in [3.63, 3.8) is 0 Å². The molecule has 0 aliphatic carbocycles. The van der Waals surface area contributed by atoms with Gasteiger partial charge in [0.25, 0.3) is 10.0 Å². The maximum atomic E-state index is 12.1. The van der Waals surface area contributed by atoms with Crippen molar-refractivity contribution in [1.82, 2.24) is 4.72 Å². The molecule has 0 unspecified atom stereocenters. The van der Waals surface area contributed by atoms with Crippen LogP contribution in [0.3, 0.4) is 0 Å². The predicted octanol–water partition coefficient (Wildman–Crippen LogP) is 2.76. The first kappa shape index (κ1) is 18.5. The number of hydrogen-bond donors (Lipinski definition) is 2. The molecule has 0 aliphatic heterocycles. The molecule has 25 heavy (non-hydrogen) atoms. The second-order valence-electron chi connectivity index (χ2n) is 5.09. The van der Waals surface area contributed by atoms with Gasteiger partial charge in [-0.3, -0.25) is 0 Å². The molecule has 0 fully saturated rings. The van der Waals surface area contributed by atoms with E-state index in [1.807, 2.05) is 11.6 Å². The lowest BCUT2D eigenvalue weighted by molar-refractivity contribution is 0.0505. The molecule has 0 aliphatic rings. The van der Waals surface area contributed by atoms with Crippen molar-refractivity contribution in [1.29, 1.82) is 0 Å². The van der Waals surface area contributed by atoms with Crippen molar-refractivity contribution in [2.24, 2.45) is 0 Å². The maximum Gasteiger partial charge on any atom is 0.338 e. The number of esters is 1. The average molecular weight is 362 g/mol. The molecule has 0 bridgehead atoms. The van der Waals surface area contributed by atoms with Gasteiger partial charge in [-0.05, 0) is 36.8 Å². The van der Waals surface area contributed by atoms with E-state index in [0.29, 0.717) is 13.0 Å². The van der Waals surface area contributed by atoms with Crippen LogP contribution in [0, 0.1) is 0 Å². The Morgan fingerprint density at radius 1 is 1.04 bits per heavy atom. The van der Waals surface area contributed by atoms with E-state index in [1.165, 1.54) is 24.3 Å². The topological polar surface area (TPSA) is 102 Å².